The van der Waals surface area contributed by atoms with Gasteiger partial charge in [0.2, 0.25) is 5.89 Å². The molecular weight excluding hydrogens is 338 g/mol. The van der Waals surface area contributed by atoms with Gasteiger partial charge in [-0.05, 0) is 48.6 Å². The molecule has 1 atom stereocenters. The number of aryl methyl sites for hydroxylation is 1. The van der Waals surface area contributed by atoms with Crippen LogP contribution in [-0.2, 0) is 12.8 Å². The molecule has 1 aromatic heterocycles. The number of fused-ring (bicyclic) bond motifs is 1. The number of aromatic nitrogens is 2. The Morgan fingerprint density at radius 3 is 2.67 bits per heavy atom. The number of carbonyl (C=O) groups excluding carboxylic acids is 1. The topological polar surface area (TPSA) is 59.2 Å². The number of amides is 1. The highest BCUT2D eigenvalue weighted by atomic mass is 16.5. The minimum atomic E-state index is -0.249. The second-order valence-corrected chi connectivity index (χ2v) is 7.34. The van der Waals surface area contributed by atoms with Crippen LogP contribution in [0.3, 0.4) is 0 Å². The highest BCUT2D eigenvalue weighted by Crippen LogP contribution is 2.43. The molecule has 1 saturated carbocycles. The maximum Gasteiger partial charge on any atom is 0.259 e. The highest BCUT2D eigenvalue weighted by Gasteiger charge is 2.39. The lowest BCUT2D eigenvalue weighted by molar-refractivity contribution is 0.0974. The van der Waals surface area contributed by atoms with E-state index in [1.807, 2.05) is 47.4 Å². The number of carbonyl (C=O) groups is 1. The van der Waals surface area contributed by atoms with Gasteiger partial charge in [0.05, 0.1) is 0 Å². The van der Waals surface area contributed by atoms with E-state index in [0.717, 1.165) is 36.3 Å². The zero-order chi connectivity index (χ0) is 18.4. The molecule has 1 aliphatic heterocycles. The number of benzene rings is 2. The van der Waals surface area contributed by atoms with E-state index in [9.17, 15) is 4.79 Å². The molecule has 3 aromatic rings. The second-order valence-electron chi connectivity index (χ2n) is 7.34. The molecule has 0 saturated heterocycles. The molecular formula is C22H21N3O2. The van der Waals surface area contributed by atoms with Crippen molar-refractivity contribution in [3.63, 3.8) is 0 Å². The van der Waals surface area contributed by atoms with E-state index in [1.54, 1.807) is 0 Å². The molecule has 1 aliphatic carbocycles. The number of rotatable bonds is 4. The SMILES string of the molecule is CCc1ccc(C(=O)N2c3ccccc3CC2c2nc(C3CC3)no2)cc1. The number of hydrogen-bond acceptors (Lipinski definition) is 4. The summed E-state index contributed by atoms with van der Waals surface area (Å²) in [4.78, 5) is 19.8. The van der Waals surface area contributed by atoms with Crippen LogP contribution < -0.4 is 4.90 Å². The molecule has 0 radical (unpaired) electrons. The Labute approximate surface area is 158 Å². The predicted octanol–water partition coefficient (Wildman–Crippen LogP) is 4.45. The Kier molecular flexibility index (Phi) is 3.81. The number of hydrogen-bond donors (Lipinski definition) is 0. The minimum Gasteiger partial charge on any atom is -0.337 e. The minimum absolute atomic E-state index is 0.0289. The predicted molar refractivity (Wildman–Crippen MR) is 102 cm³/mol. The van der Waals surface area contributed by atoms with Crippen LogP contribution in [0, 0.1) is 0 Å². The Morgan fingerprint density at radius 1 is 1.15 bits per heavy atom. The van der Waals surface area contributed by atoms with E-state index in [-0.39, 0.29) is 11.9 Å². The first-order valence-electron chi connectivity index (χ1n) is 9.58. The molecule has 0 spiro atoms. The van der Waals surface area contributed by atoms with Gasteiger partial charge < -0.3 is 4.52 Å². The third-order valence-electron chi connectivity index (χ3n) is 5.49. The molecule has 2 aromatic carbocycles. The lowest BCUT2D eigenvalue weighted by Gasteiger charge is -2.23. The summed E-state index contributed by atoms with van der Waals surface area (Å²) in [6, 6.07) is 15.6. The molecule has 0 N–H and O–H groups in total. The van der Waals surface area contributed by atoms with Crippen molar-refractivity contribution in [1.29, 1.82) is 0 Å². The van der Waals surface area contributed by atoms with Crippen molar-refractivity contribution < 1.29 is 9.32 Å². The van der Waals surface area contributed by atoms with Gasteiger partial charge in [-0.25, -0.2) is 0 Å². The third kappa shape index (κ3) is 2.83. The first-order valence-corrected chi connectivity index (χ1v) is 9.58. The molecule has 1 unspecified atom stereocenters. The summed E-state index contributed by atoms with van der Waals surface area (Å²) in [5.74, 6) is 1.71. The van der Waals surface area contributed by atoms with Gasteiger partial charge in [0, 0.05) is 23.6 Å². The maximum atomic E-state index is 13.4. The lowest BCUT2D eigenvalue weighted by Crippen LogP contribution is -2.32. The summed E-state index contributed by atoms with van der Waals surface area (Å²) >= 11 is 0. The van der Waals surface area contributed by atoms with E-state index in [0.29, 0.717) is 23.8 Å². The summed E-state index contributed by atoms with van der Waals surface area (Å²) in [5, 5.41) is 4.15. The van der Waals surface area contributed by atoms with Gasteiger partial charge in [-0.3, -0.25) is 9.69 Å². The zero-order valence-electron chi connectivity index (χ0n) is 15.3. The second kappa shape index (κ2) is 6.34. The average molecular weight is 359 g/mol. The number of nitrogens with zero attached hydrogens (tertiary/aromatic N) is 3. The van der Waals surface area contributed by atoms with Crippen LogP contribution in [0.25, 0.3) is 0 Å². The molecule has 1 fully saturated rings. The van der Waals surface area contributed by atoms with E-state index in [1.165, 1.54) is 5.56 Å². The Morgan fingerprint density at radius 2 is 1.93 bits per heavy atom. The Bertz CT molecular complexity index is 989. The standard InChI is InChI=1S/C22H21N3O2/c1-2-14-7-9-16(10-8-14)22(26)25-18-6-4-3-5-17(18)13-19(25)21-23-20(24-27-21)15-11-12-15/h3-10,15,19H,2,11-13H2,1H3. The fourth-order valence-electron chi connectivity index (χ4n) is 3.75. The number of anilines is 1. The van der Waals surface area contributed by atoms with Crippen LogP contribution in [0.15, 0.2) is 53.1 Å². The first-order chi connectivity index (χ1) is 13.2. The van der Waals surface area contributed by atoms with Crippen molar-refractivity contribution in [2.45, 2.75) is 44.6 Å². The van der Waals surface area contributed by atoms with Crippen LogP contribution in [0.4, 0.5) is 5.69 Å². The molecule has 27 heavy (non-hydrogen) atoms. The summed E-state index contributed by atoms with van der Waals surface area (Å²) in [7, 11) is 0. The van der Waals surface area contributed by atoms with Crippen molar-refractivity contribution >= 4 is 11.6 Å². The van der Waals surface area contributed by atoms with E-state index in [4.69, 9.17) is 4.52 Å². The fourth-order valence-corrected chi connectivity index (χ4v) is 3.75. The molecule has 5 rings (SSSR count). The smallest absolute Gasteiger partial charge is 0.259 e. The Balaban J connectivity index is 1.52. The molecule has 136 valence electrons. The van der Waals surface area contributed by atoms with Crippen molar-refractivity contribution in [2.75, 3.05) is 4.90 Å². The van der Waals surface area contributed by atoms with E-state index in [2.05, 4.69) is 23.1 Å². The summed E-state index contributed by atoms with van der Waals surface area (Å²) in [6.07, 6.45) is 3.89. The van der Waals surface area contributed by atoms with Crippen molar-refractivity contribution in [1.82, 2.24) is 10.1 Å². The van der Waals surface area contributed by atoms with Gasteiger partial charge >= 0.3 is 0 Å². The van der Waals surface area contributed by atoms with Gasteiger partial charge in [0.1, 0.15) is 6.04 Å². The molecule has 1 amide bonds. The van der Waals surface area contributed by atoms with Crippen LogP contribution >= 0.6 is 0 Å². The normalized spacial score (nSPS) is 18.6. The van der Waals surface area contributed by atoms with Crippen LogP contribution in [-0.4, -0.2) is 16.0 Å². The average Bonchev–Trinajstić information content (AvgIpc) is 3.32. The van der Waals surface area contributed by atoms with Crippen molar-refractivity contribution in [3.05, 3.63) is 76.9 Å². The highest BCUT2D eigenvalue weighted by molar-refractivity contribution is 6.07. The maximum absolute atomic E-state index is 13.4. The summed E-state index contributed by atoms with van der Waals surface area (Å²) in [5.41, 5.74) is 3.96. The monoisotopic (exact) mass is 359 g/mol. The van der Waals surface area contributed by atoms with Crippen molar-refractivity contribution in [2.24, 2.45) is 0 Å². The van der Waals surface area contributed by atoms with Gasteiger partial charge in [0.25, 0.3) is 5.91 Å². The van der Waals surface area contributed by atoms with E-state index >= 15 is 0 Å². The van der Waals surface area contributed by atoms with Gasteiger partial charge in [-0.2, -0.15) is 4.98 Å². The Hall–Kier alpha value is -2.95. The largest absolute Gasteiger partial charge is 0.337 e. The van der Waals surface area contributed by atoms with Gasteiger partial charge in [-0.15, -0.1) is 0 Å². The first kappa shape index (κ1) is 16.2. The van der Waals surface area contributed by atoms with Crippen LogP contribution in [0.5, 0.6) is 0 Å². The summed E-state index contributed by atoms with van der Waals surface area (Å²) < 4.78 is 5.58. The zero-order valence-corrected chi connectivity index (χ0v) is 15.3. The van der Waals surface area contributed by atoms with Gasteiger partial charge in [0.15, 0.2) is 5.82 Å². The van der Waals surface area contributed by atoms with Crippen molar-refractivity contribution in [3.8, 4) is 0 Å². The van der Waals surface area contributed by atoms with Crippen LogP contribution in [0.2, 0.25) is 0 Å². The molecule has 5 nitrogen and oxygen atoms in total. The number of para-hydroxylation sites is 1. The third-order valence-corrected chi connectivity index (χ3v) is 5.49. The lowest BCUT2D eigenvalue weighted by atomic mass is 10.1. The van der Waals surface area contributed by atoms with E-state index < -0.39 is 0 Å². The van der Waals surface area contributed by atoms with Gasteiger partial charge in [-0.1, -0.05) is 42.4 Å². The quantitative estimate of drug-likeness (QED) is 0.690. The molecule has 0 bridgehead atoms. The molecule has 5 heteroatoms. The van der Waals surface area contributed by atoms with Crippen LogP contribution in [0.1, 0.15) is 64.9 Å². The fraction of sp³-hybridized carbons (Fsp3) is 0.318. The molecule has 2 heterocycles. The molecule has 2 aliphatic rings. The summed E-state index contributed by atoms with van der Waals surface area (Å²) in [6.45, 7) is 2.11.